The van der Waals surface area contributed by atoms with Gasteiger partial charge < -0.3 is 14.8 Å². The molecule has 4 aromatic carbocycles. The number of hydrogen-bond donors (Lipinski definition) is 1. The quantitative estimate of drug-likeness (QED) is 0.351. The Labute approximate surface area is 182 Å². The molecule has 0 aliphatic heterocycles. The summed E-state index contributed by atoms with van der Waals surface area (Å²) in [5.41, 5.74) is 1.99. The van der Waals surface area contributed by atoms with Crippen LogP contribution in [0.15, 0.2) is 97.1 Å². The molecule has 0 radical (unpaired) electrons. The van der Waals surface area contributed by atoms with E-state index in [9.17, 15) is 4.79 Å². The molecule has 0 unspecified atom stereocenters. The van der Waals surface area contributed by atoms with Gasteiger partial charge in [0.15, 0.2) is 6.61 Å². The van der Waals surface area contributed by atoms with Gasteiger partial charge in [0, 0.05) is 11.8 Å². The smallest absolute Gasteiger partial charge is 0.262 e. The fourth-order valence-corrected chi connectivity index (χ4v) is 3.38. The molecule has 1 N–H and O–H groups in total. The molecule has 0 spiro atoms. The number of rotatable bonds is 9. The molecular formula is C27H25NO3. The van der Waals surface area contributed by atoms with E-state index in [0.29, 0.717) is 18.0 Å². The van der Waals surface area contributed by atoms with E-state index in [2.05, 4.69) is 17.4 Å². The van der Waals surface area contributed by atoms with E-state index >= 15 is 0 Å². The van der Waals surface area contributed by atoms with Crippen LogP contribution in [-0.2, 0) is 11.2 Å². The number of carbonyl (C=O) groups is 1. The van der Waals surface area contributed by atoms with Gasteiger partial charge in [-0.2, -0.15) is 0 Å². The molecule has 0 saturated carbocycles. The first-order valence-electron chi connectivity index (χ1n) is 10.4. The molecule has 156 valence electrons. The summed E-state index contributed by atoms with van der Waals surface area (Å²) in [5.74, 6) is 1.19. The van der Waals surface area contributed by atoms with Crippen LogP contribution < -0.4 is 14.8 Å². The molecule has 4 heteroatoms. The first kappa shape index (κ1) is 20.5. The van der Waals surface area contributed by atoms with Gasteiger partial charge in [-0.3, -0.25) is 4.79 Å². The van der Waals surface area contributed by atoms with Gasteiger partial charge in [0.2, 0.25) is 0 Å². The highest BCUT2D eigenvalue weighted by molar-refractivity contribution is 5.92. The van der Waals surface area contributed by atoms with Crippen LogP contribution in [0, 0.1) is 0 Å². The minimum absolute atomic E-state index is 0.0551. The lowest BCUT2D eigenvalue weighted by molar-refractivity contribution is -0.118. The maximum Gasteiger partial charge on any atom is 0.262 e. The molecule has 0 atom stereocenters. The lowest BCUT2D eigenvalue weighted by Crippen LogP contribution is -2.20. The maximum absolute atomic E-state index is 12.3. The molecule has 0 fully saturated rings. The summed E-state index contributed by atoms with van der Waals surface area (Å²) in [6.45, 7) is 0.567. The van der Waals surface area contributed by atoms with E-state index in [1.165, 1.54) is 5.56 Å². The number of nitrogens with one attached hydrogen (secondary N) is 1. The third-order valence-electron chi connectivity index (χ3n) is 4.93. The number of benzene rings is 4. The van der Waals surface area contributed by atoms with Gasteiger partial charge in [0.05, 0.1) is 6.61 Å². The normalized spacial score (nSPS) is 10.6. The van der Waals surface area contributed by atoms with Crippen molar-refractivity contribution in [3.8, 4) is 11.5 Å². The topological polar surface area (TPSA) is 47.6 Å². The van der Waals surface area contributed by atoms with Crippen molar-refractivity contribution >= 4 is 22.4 Å². The zero-order valence-electron chi connectivity index (χ0n) is 17.3. The number of fused-ring (bicyclic) bond motifs is 1. The molecule has 4 aromatic rings. The van der Waals surface area contributed by atoms with Crippen LogP contribution in [0.5, 0.6) is 11.5 Å². The second-order valence-corrected chi connectivity index (χ2v) is 7.31. The van der Waals surface area contributed by atoms with Crippen LogP contribution in [0.2, 0.25) is 0 Å². The van der Waals surface area contributed by atoms with E-state index in [1.54, 1.807) is 0 Å². The van der Waals surface area contributed by atoms with Crippen LogP contribution in [0.4, 0.5) is 5.69 Å². The van der Waals surface area contributed by atoms with E-state index < -0.39 is 0 Å². The van der Waals surface area contributed by atoms with Crippen LogP contribution in [-0.4, -0.2) is 19.1 Å². The molecule has 0 aliphatic rings. The molecule has 31 heavy (non-hydrogen) atoms. The van der Waals surface area contributed by atoms with Crippen LogP contribution in [0.25, 0.3) is 10.8 Å². The summed E-state index contributed by atoms with van der Waals surface area (Å²) in [7, 11) is 0. The fourth-order valence-electron chi connectivity index (χ4n) is 3.38. The molecule has 4 rings (SSSR count). The van der Waals surface area contributed by atoms with Crippen LogP contribution in [0.1, 0.15) is 12.0 Å². The summed E-state index contributed by atoms with van der Waals surface area (Å²) < 4.78 is 11.5. The van der Waals surface area contributed by atoms with Crippen LogP contribution in [0.3, 0.4) is 0 Å². The van der Waals surface area contributed by atoms with Crippen molar-refractivity contribution in [3.05, 3.63) is 103 Å². The van der Waals surface area contributed by atoms with Gasteiger partial charge in [0.25, 0.3) is 5.91 Å². The monoisotopic (exact) mass is 411 g/mol. The summed E-state index contributed by atoms with van der Waals surface area (Å²) >= 11 is 0. The molecule has 0 bridgehead atoms. The van der Waals surface area contributed by atoms with Gasteiger partial charge >= 0.3 is 0 Å². The van der Waals surface area contributed by atoms with Crippen molar-refractivity contribution in [2.45, 2.75) is 12.8 Å². The van der Waals surface area contributed by atoms with E-state index in [-0.39, 0.29) is 12.5 Å². The Balaban J connectivity index is 1.24. The predicted molar refractivity (Wildman–Crippen MR) is 125 cm³/mol. The molecule has 0 heterocycles. The summed E-state index contributed by atoms with van der Waals surface area (Å²) in [4.78, 5) is 12.3. The highest BCUT2D eigenvalue weighted by Crippen LogP contribution is 2.21. The first-order valence-corrected chi connectivity index (χ1v) is 10.4. The second-order valence-electron chi connectivity index (χ2n) is 7.31. The highest BCUT2D eigenvalue weighted by atomic mass is 16.5. The first-order chi connectivity index (χ1) is 15.3. The number of hydrogen-bond acceptors (Lipinski definition) is 3. The van der Waals surface area contributed by atoms with Crippen molar-refractivity contribution in [1.29, 1.82) is 0 Å². The Hall–Kier alpha value is -3.79. The van der Waals surface area contributed by atoms with Crippen molar-refractivity contribution in [1.82, 2.24) is 0 Å². The highest BCUT2D eigenvalue weighted by Gasteiger charge is 2.06. The summed E-state index contributed by atoms with van der Waals surface area (Å²) in [5, 5.41) is 5.08. The third-order valence-corrected chi connectivity index (χ3v) is 4.93. The lowest BCUT2D eigenvalue weighted by atomic mass is 10.1. The second kappa shape index (κ2) is 10.3. The fraction of sp³-hybridized carbons (Fsp3) is 0.148. The van der Waals surface area contributed by atoms with Crippen molar-refractivity contribution in [3.63, 3.8) is 0 Å². The summed E-state index contributed by atoms with van der Waals surface area (Å²) in [6, 6.07) is 31.6. The number of aryl methyl sites for hydroxylation is 1. The number of anilines is 1. The maximum atomic E-state index is 12.3. The molecule has 0 aromatic heterocycles. The molecule has 0 saturated heterocycles. The molecule has 0 aliphatic carbocycles. The minimum Gasteiger partial charge on any atom is -0.494 e. The minimum atomic E-state index is -0.214. The van der Waals surface area contributed by atoms with E-state index in [0.717, 1.165) is 29.4 Å². The SMILES string of the molecule is O=C(COc1ccc2ccccc2c1)Nc1cccc(OCCCc2ccccc2)c1. The van der Waals surface area contributed by atoms with Gasteiger partial charge in [0.1, 0.15) is 11.5 Å². The number of ether oxygens (including phenoxy) is 2. The van der Waals surface area contributed by atoms with Crippen LogP contribution >= 0.6 is 0 Å². The van der Waals surface area contributed by atoms with Gasteiger partial charge in [-0.1, -0.05) is 66.7 Å². The zero-order chi connectivity index (χ0) is 21.3. The Morgan fingerprint density at radius 2 is 1.48 bits per heavy atom. The Morgan fingerprint density at radius 3 is 2.35 bits per heavy atom. The molecule has 1 amide bonds. The zero-order valence-corrected chi connectivity index (χ0v) is 17.3. The summed E-state index contributed by atoms with van der Waals surface area (Å²) in [6.07, 6.45) is 1.91. The van der Waals surface area contributed by atoms with Crippen molar-refractivity contribution in [2.24, 2.45) is 0 Å². The Kier molecular flexibility index (Phi) is 6.81. The van der Waals surface area contributed by atoms with E-state index in [1.807, 2.05) is 84.9 Å². The number of amides is 1. The Bertz CT molecular complexity index is 1140. The third kappa shape index (κ3) is 6.09. The van der Waals surface area contributed by atoms with E-state index in [4.69, 9.17) is 9.47 Å². The largest absolute Gasteiger partial charge is 0.494 e. The van der Waals surface area contributed by atoms with Gasteiger partial charge in [-0.05, 0) is 53.4 Å². The lowest BCUT2D eigenvalue weighted by Gasteiger charge is -2.10. The van der Waals surface area contributed by atoms with Crippen molar-refractivity contribution < 1.29 is 14.3 Å². The molecular weight excluding hydrogens is 386 g/mol. The average Bonchev–Trinajstić information content (AvgIpc) is 2.81. The molecule has 4 nitrogen and oxygen atoms in total. The standard InChI is InChI=1S/C27H25NO3/c29-27(20-31-26-16-15-22-11-4-5-12-23(22)18-26)28-24-13-6-14-25(19-24)30-17-7-10-21-8-2-1-3-9-21/h1-6,8-9,11-16,18-19H,7,10,17,20H2,(H,28,29). The van der Waals surface area contributed by atoms with Crippen molar-refractivity contribution in [2.75, 3.05) is 18.5 Å². The average molecular weight is 412 g/mol. The predicted octanol–water partition coefficient (Wildman–Crippen LogP) is 5.87. The number of carbonyl (C=O) groups excluding carboxylic acids is 1. The van der Waals surface area contributed by atoms with Gasteiger partial charge in [-0.15, -0.1) is 0 Å². The van der Waals surface area contributed by atoms with Gasteiger partial charge in [-0.25, -0.2) is 0 Å². The Morgan fingerprint density at radius 1 is 0.710 bits per heavy atom.